The molecule has 0 saturated carbocycles. The lowest BCUT2D eigenvalue weighted by atomic mass is 9.91. The van der Waals surface area contributed by atoms with Gasteiger partial charge in [0.15, 0.2) is 0 Å². The molecule has 0 aliphatic carbocycles. The Balaban J connectivity index is 2.05. The van der Waals surface area contributed by atoms with Gasteiger partial charge < -0.3 is 4.90 Å². The minimum absolute atomic E-state index is 0.00994. The Hall–Kier alpha value is -2.66. The lowest BCUT2D eigenvalue weighted by Gasteiger charge is -2.33. The van der Waals surface area contributed by atoms with Gasteiger partial charge in [-0.05, 0) is 48.7 Å². The van der Waals surface area contributed by atoms with Gasteiger partial charge in [0.05, 0.1) is 16.6 Å². The van der Waals surface area contributed by atoms with E-state index in [4.69, 9.17) is 16.6 Å². The van der Waals surface area contributed by atoms with Gasteiger partial charge in [-0.25, -0.2) is 4.98 Å². The summed E-state index contributed by atoms with van der Waals surface area (Å²) in [4.78, 5) is 32.5. The van der Waals surface area contributed by atoms with E-state index in [9.17, 15) is 9.59 Å². The number of anilines is 1. The summed E-state index contributed by atoms with van der Waals surface area (Å²) in [7, 11) is 0. The maximum Gasteiger partial charge on any atom is 0.265 e. The fourth-order valence-electron chi connectivity index (χ4n) is 4.12. The van der Waals surface area contributed by atoms with Crippen molar-refractivity contribution in [2.75, 3.05) is 11.4 Å². The Bertz CT molecular complexity index is 1170. The minimum Gasteiger partial charge on any atom is -0.312 e. The molecule has 0 bridgehead atoms. The van der Waals surface area contributed by atoms with Crippen LogP contribution in [0.1, 0.15) is 45.0 Å². The van der Waals surface area contributed by atoms with Crippen LogP contribution < -0.4 is 10.5 Å². The van der Waals surface area contributed by atoms with Gasteiger partial charge in [0.1, 0.15) is 5.82 Å². The molecule has 3 aromatic rings. The number of hydrogen-bond acceptors (Lipinski definition) is 3. The number of amides is 1. The van der Waals surface area contributed by atoms with Gasteiger partial charge in [-0.1, -0.05) is 32.4 Å². The fourth-order valence-corrected chi connectivity index (χ4v) is 4.24. The number of carbonyl (C=O) groups excluding carboxylic acids is 1. The van der Waals surface area contributed by atoms with E-state index in [1.165, 1.54) is 0 Å². The molecule has 4 rings (SSSR count). The van der Waals surface area contributed by atoms with Crippen molar-refractivity contribution < 1.29 is 4.79 Å². The number of rotatable bonds is 2. The summed E-state index contributed by atoms with van der Waals surface area (Å²) in [5.74, 6) is 1.06. The smallest absolute Gasteiger partial charge is 0.265 e. The summed E-state index contributed by atoms with van der Waals surface area (Å²) in [5, 5.41) is 1.19. The van der Waals surface area contributed by atoms with Crippen LogP contribution >= 0.6 is 11.6 Å². The standard InChI is InChI=1S/C23H24ClN3O2/c1-13(2)22-25-21-18(23(29)27(22)17-7-5-16(24)6-8-17)9-10-20-19(21)11-14(3)12-26(20)15(4)28/h5-10,13-14H,11-12H2,1-4H3. The zero-order valence-corrected chi connectivity index (χ0v) is 17.8. The van der Waals surface area contributed by atoms with Gasteiger partial charge in [-0.15, -0.1) is 0 Å². The molecule has 0 saturated heterocycles. The van der Waals surface area contributed by atoms with Gasteiger partial charge in [-0.2, -0.15) is 0 Å². The highest BCUT2D eigenvalue weighted by atomic mass is 35.5. The Morgan fingerprint density at radius 2 is 1.86 bits per heavy atom. The van der Waals surface area contributed by atoms with Crippen LogP contribution in [-0.4, -0.2) is 22.0 Å². The van der Waals surface area contributed by atoms with E-state index in [-0.39, 0.29) is 17.4 Å². The van der Waals surface area contributed by atoms with E-state index in [0.29, 0.717) is 34.2 Å². The van der Waals surface area contributed by atoms with Crippen molar-refractivity contribution in [2.45, 2.75) is 40.0 Å². The second-order valence-electron chi connectivity index (χ2n) is 8.14. The van der Waals surface area contributed by atoms with Crippen LogP contribution in [0.25, 0.3) is 16.6 Å². The third-order valence-electron chi connectivity index (χ3n) is 5.47. The molecule has 2 heterocycles. The Morgan fingerprint density at radius 3 is 2.48 bits per heavy atom. The van der Waals surface area contributed by atoms with Crippen molar-refractivity contribution >= 4 is 34.1 Å². The van der Waals surface area contributed by atoms with Crippen molar-refractivity contribution in [3.63, 3.8) is 0 Å². The zero-order chi connectivity index (χ0) is 20.9. The molecule has 5 nitrogen and oxygen atoms in total. The first-order valence-electron chi connectivity index (χ1n) is 9.90. The summed E-state index contributed by atoms with van der Waals surface area (Å²) in [6.45, 7) is 8.44. The second kappa shape index (κ2) is 7.30. The van der Waals surface area contributed by atoms with Gasteiger partial charge in [-0.3, -0.25) is 14.2 Å². The van der Waals surface area contributed by atoms with Crippen molar-refractivity contribution in [3.8, 4) is 5.69 Å². The van der Waals surface area contributed by atoms with Crippen LogP contribution in [0.2, 0.25) is 5.02 Å². The third kappa shape index (κ3) is 3.33. The molecule has 1 unspecified atom stereocenters. The van der Waals surface area contributed by atoms with Crippen molar-refractivity contribution in [1.82, 2.24) is 9.55 Å². The topological polar surface area (TPSA) is 55.2 Å². The van der Waals surface area contributed by atoms with Crippen LogP contribution in [0.5, 0.6) is 0 Å². The van der Waals surface area contributed by atoms with Gasteiger partial charge in [0.2, 0.25) is 5.91 Å². The summed E-state index contributed by atoms with van der Waals surface area (Å²) in [6, 6.07) is 10.9. The molecule has 0 N–H and O–H groups in total. The lowest BCUT2D eigenvalue weighted by molar-refractivity contribution is -0.116. The molecular weight excluding hydrogens is 386 g/mol. The van der Waals surface area contributed by atoms with E-state index in [1.54, 1.807) is 34.6 Å². The molecule has 1 aliphatic rings. The normalized spacial score (nSPS) is 16.3. The first-order valence-corrected chi connectivity index (χ1v) is 10.3. The van der Waals surface area contributed by atoms with E-state index in [2.05, 4.69) is 6.92 Å². The zero-order valence-electron chi connectivity index (χ0n) is 17.1. The number of aromatic nitrogens is 2. The van der Waals surface area contributed by atoms with Gasteiger partial charge >= 0.3 is 0 Å². The number of fused-ring (bicyclic) bond motifs is 3. The summed E-state index contributed by atoms with van der Waals surface area (Å²) >= 11 is 6.03. The quantitative estimate of drug-likeness (QED) is 0.616. The SMILES string of the molecule is CC(=O)N1CC(C)Cc2c1ccc1c(=O)n(-c3ccc(Cl)cc3)c(C(C)C)nc21. The molecule has 29 heavy (non-hydrogen) atoms. The molecule has 1 aromatic heterocycles. The van der Waals surface area contributed by atoms with Crippen LogP contribution in [0, 0.1) is 5.92 Å². The van der Waals surface area contributed by atoms with Crippen molar-refractivity contribution in [1.29, 1.82) is 0 Å². The van der Waals surface area contributed by atoms with E-state index in [0.717, 1.165) is 23.4 Å². The highest BCUT2D eigenvalue weighted by Crippen LogP contribution is 2.34. The molecule has 0 spiro atoms. The highest BCUT2D eigenvalue weighted by Gasteiger charge is 2.28. The van der Waals surface area contributed by atoms with E-state index in [1.807, 2.05) is 32.0 Å². The van der Waals surface area contributed by atoms with Crippen LogP contribution in [0.3, 0.4) is 0 Å². The number of benzene rings is 2. The molecule has 1 atom stereocenters. The minimum atomic E-state index is -0.101. The molecular formula is C23H24ClN3O2. The first-order chi connectivity index (χ1) is 13.8. The average Bonchev–Trinajstić information content (AvgIpc) is 2.67. The monoisotopic (exact) mass is 409 g/mol. The Labute approximate surface area is 174 Å². The average molecular weight is 410 g/mol. The largest absolute Gasteiger partial charge is 0.312 e. The van der Waals surface area contributed by atoms with Crippen LogP contribution in [0.15, 0.2) is 41.2 Å². The van der Waals surface area contributed by atoms with E-state index < -0.39 is 0 Å². The molecule has 150 valence electrons. The molecule has 0 radical (unpaired) electrons. The molecule has 6 heteroatoms. The second-order valence-corrected chi connectivity index (χ2v) is 8.58. The highest BCUT2D eigenvalue weighted by molar-refractivity contribution is 6.30. The first kappa shape index (κ1) is 19.6. The van der Waals surface area contributed by atoms with Gasteiger partial charge in [0.25, 0.3) is 5.56 Å². The molecule has 1 amide bonds. The maximum absolute atomic E-state index is 13.5. The van der Waals surface area contributed by atoms with Gasteiger partial charge in [0, 0.05) is 35.7 Å². The Morgan fingerprint density at radius 1 is 1.17 bits per heavy atom. The lowest BCUT2D eigenvalue weighted by Crippen LogP contribution is -2.38. The van der Waals surface area contributed by atoms with Crippen molar-refractivity contribution in [3.05, 3.63) is 63.2 Å². The molecule has 2 aromatic carbocycles. The predicted octanol–water partition coefficient (Wildman–Crippen LogP) is 4.71. The summed E-state index contributed by atoms with van der Waals surface area (Å²) < 4.78 is 1.67. The number of nitrogens with zero attached hydrogens (tertiary/aromatic N) is 3. The number of carbonyl (C=O) groups is 1. The molecule has 0 fully saturated rings. The fraction of sp³-hybridized carbons (Fsp3) is 0.348. The maximum atomic E-state index is 13.5. The predicted molar refractivity (Wildman–Crippen MR) is 117 cm³/mol. The third-order valence-corrected chi connectivity index (χ3v) is 5.72. The number of halogens is 1. The van der Waals surface area contributed by atoms with Crippen LogP contribution in [-0.2, 0) is 11.2 Å². The Kier molecular flexibility index (Phi) is 4.95. The van der Waals surface area contributed by atoms with Crippen LogP contribution in [0.4, 0.5) is 5.69 Å². The summed E-state index contributed by atoms with van der Waals surface area (Å²) in [5.41, 5.74) is 3.21. The van der Waals surface area contributed by atoms with E-state index >= 15 is 0 Å². The molecule has 1 aliphatic heterocycles. The number of hydrogen-bond donors (Lipinski definition) is 0. The summed E-state index contributed by atoms with van der Waals surface area (Å²) in [6.07, 6.45) is 0.797. The van der Waals surface area contributed by atoms with Crippen molar-refractivity contribution in [2.24, 2.45) is 5.92 Å².